The second-order valence-electron chi connectivity index (χ2n) is 0.989. The summed E-state index contributed by atoms with van der Waals surface area (Å²) < 4.78 is 8.57. The zero-order valence-corrected chi connectivity index (χ0v) is 11.0. The molecule has 0 bridgehead atoms. The van der Waals surface area contributed by atoms with Gasteiger partial charge in [-0.15, -0.1) is 0 Å². The van der Waals surface area contributed by atoms with Gasteiger partial charge in [0.15, 0.2) is 0 Å². The summed E-state index contributed by atoms with van der Waals surface area (Å²) in [6.07, 6.45) is 3.30. The van der Waals surface area contributed by atoms with E-state index in [0.717, 1.165) is 6.26 Å². The van der Waals surface area contributed by atoms with E-state index in [-0.39, 0.29) is 0 Å². The van der Waals surface area contributed by atoms with Gasteiger partial charge in [0.2, 0.25) is 0 Å². The first-order valence-corrected chi connectivity index (χ1v) is 11.3. The average molecular weight is 307 g/mol. The van der Waals surface area contributed by atoms with Crippen molar-refractivity contribution in [1.82, 2.24) is 0 Å². The van der Waals surface area contributed by atoms with Crippen molar-refractivity contribution in [1.29, 1.82) is 0 Å². The molecule has 0 amide bonds. The number of carbonyl (C=O) groups excluding carboxylic acids is 1. The number of carbonyl (C=O) groups is 1. The van der Waals surface area contributed by atoms with Crippen molar-refractivity contribution in [2.75, 3.05) is 14.2 Å². The van der Waals surface area contributed by atoms with Gasteiger partial charge < -0.3 is 15.5 Å². The summed E-state index contributed by atoms with van der Waals surface area (Å²) in [4.78, 5) is 10.1. The second-order valence-corrected chi connectivity index (χ2v) is 0.989. The van der Waals surface area contributed by atoms with Gasteiger partial charge in [-0.05, 0) is 0 Å². The van der Waals surface area contributed by atoms with Gasteiger partial charge in [0.1, 0.15) is 5.97 Å². The molecule has 0 spiro atoms. The number of halogens is 1. The molecule has 0 aromatic carbocycles. The Bertz CT molecular complexity index is 105. The van der Waals surface area contributed by atoms with Crippen LogP contribution in [-0.2, 0) is 29.1 Å². The Hall–Kier alpha value is 0.363. The molecule has 3 nitrogen and oxygen atoms in total. The van der Waals surface area contributed by atoms with Gasteiger partial charge in [-0.3, -0.25) is 4.79 Å². The molecule has 0 aliphatic carbocycles. The summed E-state index contributed by atoms with van der Waals surface area (Å²) in [6.45, 7) is 0. The van der Waals surface area contributed by atoms with E-state index in [1.165, 1.54) is 29.0 Å². The topological polar surface area (TPSA) is 35.5 Å². The van der Waals surface area contributed by atoms with Crippen LogP contribution in [0.3, 0.4) is 0 Å². The van der Waals surface area contributed by atoms with Crippen molar-refractivity contribution < 1.29 is 29.1 Å². The van der Waals surface area contributed by atoms with Crippen molar-refractivity contribution in [3.8, 4) is 0 Å². The van der Waals surface area contributed by atoms with Crippen molar-refractivity contribution in [3.05, 3.63) is 12.3 Å². The molecule has 0 aromatic rings. The van der Waals surface area contributed by atoms with Crippen molar-refractivity contribution in [3.63, 3.8) is 0 Å². The van der Waals surface area contributed by atoms with Crippen LogP contribution in [0.25, 0.3) is 0 Å². The van der Waals surface area contributed by atoms with Gasteiger partial charge in [-0.25, -0.2) is 0 Å². The van der Waals surface area contributed by atoms with Crippen molar-refractivity contribution in [2.24, 2.45) is 0 Å². The van der Waals surface area contributed by atoms with E-state index in [9.17, 15) is 4.79 Å². The molecule has 0 radical (unpaired) electrons. The molecular weight excluding hydrogens is 300 g/mol. The Morgan fingerprint density at radius 1 is 1.60 bits per heavy atom. The fraction of sp³-hybridized carbons (Fsp3) is 0.400. The first-order valence-electron chi connectivity index (χ1n) is 2.27. The van der Waals surface area contributed by atoms with E-state index in [2.05, 4.69) is 35.3 Å². The van der Waals surface area contributed by atoms with Crippen molar-refractivity contribution >= 4 is 25.7 Å². The molecule has 54 valence electrons. The van der Waals surface area contributed by atoms with Gasteiger partial charge in [-0.2, -0.15) is 0 Å². The third-order valence-corrected chi connectivity index (χ3v) is 0.480. The van der Waals surface area contributed by atoms with E-state index in [1.807, 2.05) is 0 Å². The Labute approximate surface area is 81.0 Å². The van der Waals surface area contributed by atoms with Gasteiger partial charge in [0.25, 0.3) is 0 Å². The van der Waals surface area contributed by atoms with E-state index >= 15 is 0 Å². The summed E-state index contributed by atoms with van der Waals surface area (Å²) in [5.74, 6) is -0.535. The van der Waals surface area contributed by atoms with Gasteiger partial charge in [0.05, 0.1) is 14.2 Å². The van der Waals surface area contributed by atoms with Crippen LogP contribution in [0.2, 0.25) is 0 Å². The summed E-state index contributed by atoms with van der Waals surface area (Å²) in [7, 11) is 2.70. The molecular formula is C5H7IO3Zn. The number of ether oxygens (including phenoxy) is 2. The third kappa shape index (κ3) is 11.2. The fourth-order valence-corrected chi connectivity index (χ4v) is 0.166. The molecule has 10 heavy (non-hydrogen) atoms. The predicted octanol–water partition coefficient (Wildman–Crippen LogP) is 1.01. The number of esters is 1. The SMILES string of the molecule is COC=[C-]C(=O)OC.[Zn+][I]. The summed E-state index contributed by atoms with van der Waals surface area (Å²) in [6, 6.07) is 0. The molecule has 5 heteroatoms. The van der Waals surface area contributed by atoms with Crippen LogP contribution < -0.4 is 0 Å². The molecule has 0 aliphatic heterocycles. The molecule has 0 aliphatic rings. The first kappa shape index (κ1) is 13.0. The number of methoxy groups -OCH3 is 2. The Kier molecular flexibility index (Phi) is 15.7. The number of hydrogen-bond acceptors (Lipinski definition) is 3. The summed E-state index contributed by atoms with van der Waals surface area (Å²) in [5.41, 5.74) is 0. The first-order chi connectivity index (χ1) is 4.81. The quantitative estimate of drug-likeness (QED) is 0.191. The minimum atomic E-state index is -0.535. The fourth-order valence-electron chi connectivity index (χ4n) is 0.166. The predicted molar refractivity (Wildman–Crippen MR) is 40.9 cm³/mol. The van der Waals surface area contributed by atoms with Crippen LogP contribution >= 0.6 is 19.8 Å². The Morgan fingerprint density at radius 3 is 2.40 bits per heavy atom. The maximum absolute atomic E-state index is 10.1. The normalized spacial score (nSPS) is 8.10. The van der Waals surface area contributed by atoms with Gasteiger partial charge >= 0.3 is 34.5 Å². The zero-order chi connectivity index (χ0) is 8.41. The van der Waals surface area contributed by atoms with Crippen LogP contribution in [0.5, 0.6) is 0 Å². The zero-order valence-electron chi connectivity index (χ0n) is 5.89. The number of hydrogen-bond donors (Lipinski definition) is 0. The second kappa shape index (κ2) is 12.1. The molecule has 0 saturated carbocycles. The molecule has 0 N–H and O–H groups in total. The molecule has 0 saturated heterocycles. The summed E-state index contributed by atoms with van der Waals surface area (Å²) in [5, 5.41) is 0. The van der Waals surface area contributed by atoms with Crippen LogP contribution in [0, 0.1) is 6.08 Å². The van der Waals surface area contributed by atoms with Gasteiger partial charge in [-0.1, -0.05) is 6.26 Å². The van der Waals surface area contributed by atoms with Crippen LogP contribution in [0.1, 0.15) is 0 Å². The average Bonchev–Trinajstić information content (AvgIpc) is 2.04. The number of rotatable bonds is 2. The van der Waals surface area contributed by atoms with E-state index < -0.39 is 5.97 Å². The molecule has 0 aromatic heterocycles. The molecule has 0 unspecified atom stereocenters. The van der Waals surface area contributed by atoms with Gasteiger partial charge in [0, 0.05) is 0 Å². The molecule has 0 heterocycles. The van der Waals surface area contributed by atoms with Crippen molar-refractivity contribution in [2.45, 2.75) is 0 Å². The standard InChI is InChI=1S/C5H7O3.HI.Zn/c1-7-4-3-5(6)8-2;;/h4H,1-2H3;1H;/q-1;;+2/p-1. The Morgan fingerprint density at radius 2 is 2.10 bits per heavy atom. The minimum absolute atomic E-state index is 0.535. The maximum atomic E-state index is 10.1. The monoisotopic (exact) mass is 306 g/mol. The van der Waals surface area contributed by atoms with Crippen LogP contribution in [0.15, 0.2) is 6.26 Å². The third-order valence-electron chi connectivity index (χ3n) is 0.480. The molecule has 0 fully saturated rings. The summed E-state index contributed by atoms with van der Waals surface area (Å²) >= 11 is 3.62. The Balaban J connectivity index is 0. The van der Waals surface area contributed by atoms with E-state index in [4.69, 9.17) is 0 Å². The van der Waals surface area contributed by atoms with E-state index in [0.29, 0.717) is 0 Å². The van der Waals surface area contributed by atoms with E-state index in [1.54, 1.807) is 0 Å². The molecule has 0 rings (SSSR count). The molecule has 0 atom stereocenters. The van der Waals surface area contributed by atoms with Crippen LogP contribution in [-0.4, -0.2) is 20.2 Å². The van der Waals surface area contributed by atoms with Crippen LogP contribution in [0.4, 0.5) is 0 Å².